The maximum atomic E-state index is 5.35. The van der Waals surface area contributed by atoms with Gasteiger partial charge >= 0.3 is 0 Å². The molecule has 0 radical (unpaired) electrons. The maximum Gasteiger partial charge on any atom is 0.0684 e. The first-order chi connectivity index (χ1) is 6.86. The number of nitrogens with one attached hydrogen (secondary N) is 1. The van der Waals surface area contributed by atoms with Gasteiger partial charge in [-0.1, -0.05) is 43.2 Å². The van der Waals surface area contributed by atoms with Gasteiger partial charge in [0.1, 0.15) is 0 Å². The van der Waals surface area contributed by atoms with Crippen LogP contribution in [-0.4, -0.2) is 12.6 Å². The predicted octanol–water partition coefficient (Wildman–Crippen LogP) is 2.23. The van der Waals surface area contributed by atoms with Crippen LogP contribution in [0.2, 0.25) is 0 Å². The van der Waals surface area contributed by atoms with Crippen molar-refractivity contribution in [2.75, 3.05) is 6.54 Å². The molecule has 1 heteroatoms. The van der Waals surface area contributed by atoms with Crippen molar-refractivity contribution in [2.24, 2.45) is 0 Å². The summed E-state index contributed by atoms with van der Waals surface area (Å²) >= 11 is 0. The summed E-state index contributed by atoms with van der Waals surface area (Å²) in [6, 6.07) is 10.7. The normalized spacial score (nSPS) is 12.0. The van der Waals surface area contributed by atoms with Gasteiger partial charge in [0, 0.05) is 6.54 Å². The van der Waals surface area contributed by atoms with Gasteiger partial charge in [0.2, 0.25) is 0 Å². The quantitative estimate of drug-likeness (QED) is 0.697. The lowest BCUT2D eigenvalue weighted by Crippen LogP contribution is -2.28. The number of hydrogen-bond acceptors (Lipinski definition) is 1. The standard InChI is InChI=1S/C13H17N/c1-3-13(4-2)14-11-10-12-8-6-5-7-9-12/h1,5-9,13-14H,4,10-11H2,2H3. The van der Waals surface area contributed by atoms with E-state index in [1.54, 1.807) is 0 Å². The zero-order valence-corrected chi connectivity index (χ0v) is 8.66. The molecule has 0 saturated carbocycles. The van der Waals surface area contributed by atoms with Gasteiger partial charge in [-0.3, -0.25) is 0 Å². The van der Waals surface area contributed by atoms with Crippen LogP contribution in [0.1, 0.15) is 18.9 Å². The largest absolute Gasteiger partial charge is 0.303 e. The Labute approximate surface area is 86.5 Å². The highest BCUT2D eigenvalue weighted by Gasteiger charge is 1.99. The molecule has 0 heterocycles. The van der Waals surface area contributed by atoms with Crippen molar-refractivity contribution in [2.45, 2.75) is 25.8 Å². The molecule has 0 aliphatic heterocycles. The Morgan fingerprint density at radius 2 is 2.07 bits per heavy atom. The second-order valence-electron chi connectivity index (χ2n) is 3.32. The fourth-order valence-corrected chi connectivity index (χ4v) is 1.36. The molecule has 0 aliphatic carbocycles. The number of terminal acetylenes is 1. The lowest BCUT2D eigenvalue weighted by atomic mass is 10.1. The molecule has 1 aromatic carbocycles. The third-order valence-corrected chi connectivity index (χ3v) is 2.26. The molecule has 1 rings (SSSR count). The molecule has 0 bridgehead atoms. The van der Waals surface area contributed by atoms with Crippen molar-refractivity contribution in [1.29, 1.82) is 0 Å². The molecule has 1 unspecified atom stereocenters. The molecule has 1 aromatic rings. The summed E-state index contributed by atoms with van der Waals surface area (Å²) in [6.07, 6.45) is 7.38. The van der Waals surface area contributed by atoms with Gasteiger partial charge in [-0.05, 0) is 18.4 Å². The Bertz CT molecular complexity index is 284. The van der Waals surface area contributed by atoms with Crippen molar-refractivity contribution < 1.29 is 0 Å². The van der Waals surface area contributed by atoms with Gasteiger partial charge in [0.15, 0.2) is 0 Å². The highest BCUT2D eigenvalue weighted by atomic mass is 14.9. The van der Waals surface area contributed by atoms with Crippen LogP contribution in [0.4, 0.5) is 0 Å². The first kappa shape index (κ1) is 10.8. The van der Waals surface area contributed by atoms with E-state index in [0.29, 0.717) is 0 Å². The third-order valence-electron chi connectivity index (χ3n) is 2.26. The van der Waals surface area contributed by atoms with Crippen molar-refractivity contribution in [3.8, 4) is 12.3 Å². The average Bonchev–Trinajstić information content (AvgIpc) is 2.26. The van der Waals surface area contributed by atoms with Crippen LogP contribution in [0, 0.1) is 12.3 Å². The van der Waals surface area contributed by atoms with Gasteiger partial charge in [-0.25, -0.2) is 0 Å². The summed E-state index contributed by atoms with van der Waals surface area (Å²) in [5, 5.41) is 3.33. The molecule has 1 nitrogen and oxygen atoms in total. The lowest BCUT2D eigenvalue weighted by molar-refractivity contribution is 0.594. The van der Waals surface area contributed by atoms with E-state index in [4.69, 9.17) is 6.42 Å². The van der Waals surface area contributed by atoms with Crippen LogP contribution in [0.5, 0.6) is 0 Å². The zero-order chi connectivity index (χ0) is 10.2. The van der Waals surface area contributed by atoms with E-state index in [1.165, 1.54) is 5.56 Å². The second-order valence-corrected chi connectivity index (χ2v) is 3.32. The predicted molar refractivity (Wildman–Crippen MR) is 61.1 cm³/mol. The van der Waals surface area contributed by atoms with E-state index >= 15 is 0 Å². The smallest absolute Gasteiger partial charge is 0.0684 e. The first-order valence-electron chi connectivity index (χ1n) is 5.10. The molecule has 74 valence electrons. The lowest BCUT2D eigenvalue weighted by Gasteiger charge is -2.09. The van der Waals surface area contributed by atoms with E-state index in [2.05, 4.69) is 42.4 Å². The fourth-order valence-electron chi connectivity index (χ4n) is 1.36. The second kappa shape index (κ2) is 6.23. The molecule has 14 heavy (non-hydrogen) atoms. The molecule has 0 saturated heterocycles. The molecule has 0 fully saturated rings. The highest BCUT2D eigenvalue weighted by Crippen LogP contribution is 1.98. The van der Waals surface area contributed by atoms with E-state index < -0.39 is 0 Å². The topological polar surface area (TPSA) is 12.0 Å². The van der Waals surface area contributed by atoms with Gasteiger partial charge in [-0.15, -0.1) is 6.42 Å². The van der Waals surface area contributed by atoms with Crippen molar-refractivity contribution in [1.82, 2.24) is 5.32 Å². The third kappa shape index (κ3) is 3.64. The minimum atomic E-state index is 0.221. The maximum absolute atomic E-state index is 5.35. The molecule has 1 atom stereocenters. The monoisotopic (exact) mass is 187 g/mol. The summed E-state index contributed by atoms with van der Waals surface area (Å²) < 4.78 is 0. The average molecular weight is 187 g/mol. The molecular formula is C13H17N. The summed E-state index contributed by atoms with van der Waals surface area (Å²) in [5.41, 5.74) is 1.35. The van der Waals surface area contributed by atoms with E-state index in [9.17, 15) is 0 Å². The molecule has 1 N–H and O–H groups in total. The number of rotatable bonds is 5. The minimum Gasteiger partial charge on any atom is -0.303 e. The van der Waals surface area contributed by atoms with Crippen LogP contribution in [-0.2, 0) is 6.42 Å². The fraction of sp³-hybridized carbons (Fsp3) is 0.385. The minimum absolute atomic E-state index is 0.221. The number of benzene rings is 1. The Hall–Kier alpha value is -1.26. The molecule has 0 aromatic heterocycles. The van der Waals surface area contributed by atoms with E-state index in [1.807, 2.05) is 6.07 Å². The molecular weight excluding hydrogens is 170 g/mol. The Kier molecular flexibility index (Phi) is 4.82. The van der Waals surface area contributed by atoms with Crippen LogP contribution in [0.3, 0.4) is 0 Å². The van der Waals surface area contributed by atoms with Crippen LogP contribution in [0.15, 0.2) is 30.3 Å². The molecule has 0 aliphatic rings. The SMILES string of the molecule is C#CC(CC)NCCc1ccccc1. The van der Waals surface area contributed by atoms with Crippen molar-refractivity contribution >= 4 is 0 Å². The summed E-state index contributed by atoms with van der Waals surface area (Å²) in [7, 11) is 0. The summed E-state index contributed by atoms with van der Waals surface area (Å²) in [5.74, 6) is 2.73. The van der Waals surface area contributed by atoms with Gasteiger partial charge < -0.3 is 5.32 Å². The summed E-state index contributed by atoms with van der Waals surface area (Å²) in [6.45, 7) is 3.05. The number of hydrogen-bond donors (Lipinski definition) is 1. The first-order valence-corrected chi connectivity index (χ1v) is 5.10. The summed E-state index contributed by atoms with van der Waals surface area (Å²) in [4.78, 5) is 0. The van der Waals surface area contributed by atoms with E-state index in [0.717, 1.165) is 19.4 Å². The van der Waals surface area contributed by atoms with Crippen molar-refractivity contribution in [3.63, 3.8) is 0 Å². The Morgan fingerprint density at radius 3 is 2.64 bits per heavy atom. The van der Waals surface area contributed by atoms with Crippen LogP contribution < -0.4 is 5.32 Å². The molecule has 0 spiro atoms. The Balaban J connectivity index is 2.26. The van der Waals surface area contributed by atoms with Crippen LogP contribution >= 0.6 is 0 Å². The van der Waals surface area contributed by atoms with Crippen molar-refractivity contribution in [3.05, 3.63) is 35.9 Å². The Morgan fingerprint density at radius 1 is 1.36 bits per heavy atom. The zero-order valence-electron chi connectivity index (χ0n) is 8.66. The van der Waals surface area contributed by atoms with Crippen LogP contribution in [0.25, 0.3) is 0 Å². The van der Waals surface area contributed by atoms with Gasteiger partial charge in [0.05, 0.1) is 6.04 Å². The van der Waals surface area contributed by atoms with Gasteiger partial charge in [0.25, 0.3) is 0 Å². The highest BCUT2D eigenvalue weighted by molar-refractivity contribution is 5.15. The molecule has 0 amide bonds. The van der Waals surface area contributed by atoms with Gasteiger partial charge in [-0.2, -0.15) is 0 Å². The van der Waals surface area contributed by atoms with E-state index in [-0.39, 0.29) is 6.04 Å².